The highest BCUT2D eigenvalue weighted by atomic mass is 19.1. The van der Waals surface area contributed by atoms with E-state index in [1.165, 1.54) is 0 Å². The van der Waals surface area contributed by atoms with Crippen molar-refractivity contribution in [2.24, 2.45) is 5.41 Å². The third-order valence-electron chi connectivity index (χ3n) is 3.33. The largest absolute Gasteiger partial charge is 0.379 e. The Morgan fingerprint density at radius 3 is 2.73 bits per heavy atom. The highest BCUT2D eigenvalue weighted by Gasteiger charge is 2.42. The number of alkyl halides is 1. The van der Waals surface area contributed by atoms with Crippen molar-refractivity contribution < 1.29 is 13.9 Å². The third kappa shape index (κ3) is 2.30. The summed E-state index contributed by atoms with van der Waals surface area (Å²) in [6.07, 6.45) is 2.16. The predicted molar refractivity (Wildman–Crippen MR) is 54.2 cm³/mol. The van der Waals surface area contributed by atoms with E-state index in [0.717, 1.165) is 12.8 Å². The van der Waals surface area contributed by atoms with Crippen LogP contribution in [0.4, 0.5) is 4.39 Å². The number of amides is 1. The van der Waals surface area contributed by atoms with Gasteiger partial charge in [0.25, 0.3) is 0 Å². The zero-order valence-corrected chi connectivity index (χ0v) is 9.09. The van der Waals surface area contributed by atoms with Crippen molar-refractivity contribution in [2.75, 3.05) is 13.2 Å². The van der Waals surface area contributed by atoms with Gasteiger partial charge in [-0.1, -0.05) is 0 Å². The van der Waals surface area contributed by atoms with Crippen LogP contribution in [0.2, 0.25) is 0 Å². The van der Waals surface area contributed by atoms with E-state index in [2.05, 4.69) is 5.32 Å². The Morgan fingerprint density at radius 1 is 1.47 bits per heavy atom. The molecule has 1 aliphatic carbocycles. The maximum Gasteiger partial charge on any atom is 0.230 e. The van der Waals surface area contributed by atoms with Crippen molar-refractivity contribution in [2.45, 2.75) is 44.8 Å². The Labute approximate surface area is 89.4 Å². The van der Waals surface area contributed by atoms with Gasteiger partial charge >= 0.3 is 0 Å². The van der Waals surface area contributed by atoms with Crippen molar-refractivity contribution in [1.82, 2.24) is 5.32 Å². The fraction of sp³-hybridized carbons (Fsp3) is 0.909. The van der Waals surface area contributed by atoms with Gasteiger partial charge in [-0.05, 0) is 32.6 Å². The predicted octanol–water partition coefficient (Wildman–Crippen LogP) is 1.42. The number of rotatable bonds is 2. The monoisotopic (exact) mass is 215 g/mol. The molecule has 3 nitrogen and oxygen atoms in total. The van der Waals surface area contributed by atoms with Gasteiger partial charge in [-0.25, -0.2) is 4.39 Å². The van der Waals surface area contributed by atoms with E-state index in [4.69, 9.17) is 4.74 Å². The van der Waals surface area contributed by atoms with Crippen LogP contribution in [-0.2, 0) is 9.53 Å². The van der Waals surface area contributed by atoms with Crippen molar-refractivity contribution in [3.8, 4) is 0 Å². The molecule has 0 aromatic carbocycles. The number of halogens is 1. The van der Waals surface area contributed by atoms with E-state index < -0.39 is 6.17 Å². The molecular weight excluding hydrogens is 197 g/mol. The van der Waals surface area contributed by atoms with Crippen molar-refractivity contribution in [3.05, 3.63) is 0 Å². The summed E-state index contributed by atoms with van der Waals surface area (Å²) in [4.78, 5) is 11.8. The Balaban J connectivity index is 1.83. The minimum atomic E-state index is -0.741. The Bertz CT molecular complexity index is 253. The lowest BCUT2D eigenvalue weighted by atomic mass is 9.86. The van der Waals surface area contributed by atoms with Crippen LogP contribution in [0, 0.1) is 5.41 Å². The molecule has 0 aromatic rings. The van der Waals surface area contributed by atoms with Gasteiger partial charge in [-0.2, -0.15) is 0 Å². The van der Waals surface area contributed by atoms with Crippen molar-refractivity contribution >= 4 is 5.91 Å². The molecule has 4 heteroatoms. The molecule has 2 fully saturated rings. The summed E-state index contributed by atoms with van der Waals surface area (Å²) in [5.41, 5.74) is -0.372. The second-order valence-electron chi connectivity index (χ2n) is 4.99. The highest BCUT2D eigenvalue weighted by Crippen LogP contribution is 2.28. The van der Waals surface area contributed by atoms with Gasteiger partial charge in [0.2, 0.25) is 5.91 Å². The molecule has 1 N–H and O–H groups in total. The van der Waals surface area contributed by atoms with Gasteiger partial charge in [-0.15, -0.1) is 0 Å². The molecule has 0 spiro atoms. The van der Waals surface area contributed by atoms with Crippen LogP contribution in [0.25, 0.3) is 0 Å². The Morgan fingerprint density at radius 2 is 2.20 bits per heavy atom. The van der Waals surface area contributed by atoms with Crippen LogP contribution >= 0.6 is 0 Å². The van der Waals surface area contributed by atoms with E-state index >= 15 is 0 Å². The number of hydrogen-bond donors (Lipinski definition) is 1. The number of ether oxygens (including phenoxy) is 1. The molecule has 2 aliphatic rings. The fourth-order valence-corrected chi connectivity index (χ4v) is 2.16. The zero-order chi connectivity index (χ0) is 10.9. The van der Waals surface area contributed by atoms with Gasteiger partial charge in [-0.3, -0.25) is 4.79 Å². The molecule has 0 bridgehead atoms. The SMILES string of the molecule is CC1(C(=O)NC2CCCC(F)C2)COC1. The van der Waals surface area contributed by atoms with Gasteiger partial charge in [0.1, 0.15) is 6.17 Å². The lowest BCUT2D eigenvalue weighted by molar-refractivity contribution is -0.158. The second-order valence-corrected chi connectivity index (χ2v) is 4.99. The normalized spacial score (nSPS) is 34.3. The summed E-state index contributed by atoms with van der Waals surface area (Å²) < 4.78 is 18.1. The molecule has 1 heterocycles. The summed E-state index contributed by atoms with van der Waals surface area (Å²) in [6.45, 7) is 2.87. The highest BCUT2D eigenvalue weighted by molar-refractivity contribution is 5.83. The standard InChI is InChI=1S/C11H18FNO2/c1-11(6-15-7-11)10(14)13-9-4-2-3-8(12)5-9/h8-9H,2-7H2,1H3,(H,13,14). The molecule has 1 saturated heterocycles. The minimum absolute atomic E-state index is 0.0212. The van der Waals surface area contributed by atoms with Crippen molar-refractivity contribution in [1.29, 1.82) is 0 Å². The minimum Gasteiger partial charge on any atom is -0.379 e. The first-order chi connectivity index (χ1) is 7.10. The van der Waals surface area contributed by atoms with Crippen LogP contribution in [-0.4, -0.2) is 31.3 Å². The summed E-state index contributed by atoms with van der Waals surface area (Å²) in [7, 11) is 0. The first-order valence-electron chi connectivity index (χ1n) is 5.63. The average Bonchev–Trinajstić information content (AvgIpc) is 2.14. The first kappa shape index (κ1) is 10.9. The van der Waals surface area contributed by atoms with Crippen LogP contribution in [0.5, 0.6) is 0 Å². The van der Waals surface area contributed by atoms with E-state index in [1.807, 2.05) is 6.92 Å². The van der Waals surface area contributed by atoms with Gasteiger partial charge < -0.3 is 10.1 Å². The molecule has 2 rings (SSSR count). The molecule has 2 unspecified atom stereocenters. The molecule has 0 aromatic heterocycles. The summed E-state index contributed by atoms with van der Waals surface area (Å²) in [6, 6.07) is 0.0266. The molecule has 86 valence electrons. The molecule has 2 atom stereocenters. The smallest absolute Gasteiger partial charge is 0.230 e. The van der Waals surface area contributed by atoms with Gasteiger partial charge in [0.05, 0.1) is 18.6 Å². The van der Waals surface area contributed by atoms with E-state index in [0.29, 0.717) is 26.1 Å². The lowest BCUT2D eigenvalue weighted by Gasteiger charge is -2.38. The van der Waals surface area contributed by atoms with Crippen LogP contribution < -0.4 is 5.32 Å². The number of carbonyl (C=O) groups is 1. The molecule has 1 aliphatic heterocycles. The number of hydrogen-bond acceptors (Lipinski definition) is 2. The summed E-state index contributed by atoms with van der Waals surface area (Å²) in [5.74, 6) is 0.0212. The van der Waals surface area contributed by atoms with Crippen molar-refractivity contribution in [3.63, 3.8) is 0 Å². The maximum absolute atomic E-state index is 13.1. The topological polar surface area (TPSA) is 38.3 Å². The van der Waals surface area contributed by atoms with E-state index in [9.17, 15) is 9.18 Å². The van der Waals surface area contributed by atoms with Gasteiger partial charge in [0, 0.05) is 6.04 Å². The Hall–Kier alpha value is -0.640. The van der Waals surface area contributed by atoms with E-state index in [-0.39, 0.29) is 17.4 Å². The summed E-state index contributed by atoms with van der Waals surface area (Å²) >= 11 is 0. The van der Waals surface area contributed by atoms with Crippen LogP contribution in [0.3, 0.4) is 0 Å². The molecule has 1 amide bonds. The molecular formula is C11H18FNO2. The van der Waals surface area contributed by atoms with Crippen LogP contribution in [0.1, 0.15) is 32.6 Å². The summed E-state index contributed by atoms with van der Waals surface area (Å²) in [5, 5.41) is 2.93. The number of nitrogens with one attached hydrogen (secondary N) is 1. The molecule has 1 saturated carbocycles. The van der Waals surface area contributed by atoms with Gasteiger partial charge in [0.15, 0.2) is 0 Å². The zero-order valence-electron chi connectivity index (χ0n) is 9.09. The molecule has 0 radical (unpaired) electrons. The maximum atomic E-state index is 13.1. The number of carbonyl (C=O) groups excluding carboxylic acids is 1. The first-order valence-corrected chi connectivity index (χ1v) is 5.63. The van der Waals surface area contributed by atoms with E-state index in [1.54, 1.807) is 0 Å². The third-order valence-corrected chi connectivity index (χ3v) is 3.33. The molecule has 15 heavy (non-hydrogen) atoms. The quantitative estimate of drug-likeness (QED) is 0.756. The van der Waals surface area contributed by atoms with Crippen LogP contribution in [0.15, 0.2) is 0 Å². The Kier molecular flexibility index (Phi) is 2.96. The lowest BCUT2D eigenvalue weighted by Crippen LogP contribution is -2.54. The second kappa shape index (κ2) is 4.08. The average molecular weight is 215 g/mol. The fourth-order valence-electron chi connectivity index (χ4n) is 2.16.